The van der Waals surface area contributed by atoms with Crippen LogP contribution < -0.4 is 15.4 Å². The molecule has 0 radical (unpaired) electrons. The van der Waals surface area contributed by atoms with Crippen LogP contribution in [0, 0.1) is 11.8 Å². The summed E-state index contributed by atoms with van der Waals surface area (Å²) in [6, 6.07) is -0.528. The maximum atomic E-state index is 13.7. The molecule has 1 aliphatic carbocycles. The number of nitrogens with one attached hydrogen (secondary N) is 1. The van der Waals surface area contributed by atoms with Gasteiger partial charge in [-0.05, 0) is 25.7 Å². The van der Waals surface area contributed by atoms with Crippen molar-refractivity contribution in [2.75, 3.05) is 42.5 Å². The number of amides is 1. The van der Waals surface area contributed by atoms with Crippen LogP contribution in [0.2, 0.25) is 0 Å². The Balaban J connectivity index is 1.19. The molecule has 1 amide bonds. The molecule has 0 aromatic carbocycles. The minimum atomic E-state index is -4.89. The number of ketones is 1. The zero-order valence-electron chi connectivity index (χ0n) is 21.7. The lowest BCUT2D eigenvalue weighted by atomic mass is 9.91. The second-order valence-corrected chi connectivity index (χ2v) is 10.5. The van der Waals surface area contributed by atoms with E-state index in [2.05, 4.69) is 15.1 Å². The SMILES string of the molecule is O=C1[C@H](CC(=O)N2CCN(c3ncc(C(F)(F)F)cn3)CC2)CC[C@@H]1[C@@H]1CCCN1c1cn[nH]c(=O)c1C(F)(F)F. The summed E-state index contributed by atoms with van der Waals surface area (Å²) in [5, 5.41) is 5.39. The van der Waals surface area contributed by atoms with E-state index >= 15 is 0 Å². The van der Waals surface area contributed by atoms with E-state index in [4.69, 9.17) is 0 Å². The molecule has 2 saturated heterocycles. The fraction of sp³-hybridized carbons (Fsp3) is 0.600. The molecular formula is C25H27F6N7O3. The topological polar surface area (TPSA) is 115 Å². The maximum absolute atomic E-state index is 13.7. The van der Waals surface area contributed by atoms with Gasteiger partial charge in [0.15, 0.2) is 0 Å². The monoisotopic (exact) mass is 587 g/mol. The number of aromatic amines is 1. The van der Waals surface area contributed by atoms with Crippen LogP contribution in [0.5, 0.6) is 0 Å². The predicted molar refractivity (Wildman–Crippen MR) is 132 cm³/mol. The number of nitrogens with zero attached hydrogens (tertiary/aromatic N) is 6. The number of anilines is 2. The first kappa shape index (κ1) is 28.8. The van der Waals surface area contributed by atoms with Crippen LogP contribution >= 0.6 is 0 Å². The van der Waals surface area contributed by atoms with Crippen LogP contribution in [0.1, 0.15) is 43.2 Å². The summed E-state index contributed by atoms with van der Waals surface area (Å²) >= 11 is 0. The average Bonchev–Trinajstić information content (AvgIpc) is 3.54. The molecule has 2 aliphatic heterocycles. The van der Waals surface area contributed by atoms with Crippen molar-refractivity contribution < 1.29 is 35.9 Å². The van der Waals surface area contributed by atoms with E-state index in [-0.39, 0.29) is 49.4 Å². The summed E-state index contributed by atoms with van der Waals surface area (Å²) in [5.74, 6) is -1.41. The number of hydrogen-bond acceptors (Lipinski definition) is 8. The molecule has 0 bridgehead atoms. The minimum Gasteiger partial charge on any atom is -0.366 e. The van der Waals surface area contributed by atoms with Crippen LogP contribution in [0.3, 0.4) is 0 Å². The zero-order chi connectivity index (χ0) is 29.5. The number of rotatable bonds is 5. The molecule has 16 heteroatoms. The molecule has 0 unspecified atom stereocenters. The highest BCUT2D eigenvalue weighted by Crippen LogP contribution is 2.42. The molecular weight excluding hydrogens is 560 g/mol. The van der Waals surface area contributed by atoms with Gasteiger partial charge in [0.2, 0.25) is 11.9 Å². The number of carbonyl (C=O) groups is 2. The Kier molecular flexibility index (Phi) is 7.68. The van der Waals surface area contributed by atoms with E-state index in [1.165, 1.54) is 4.90 Å². The number of piperazine rings is 1. The van der Waals surface area contributed by atoms with E-state index in [9.17, 15) is 40.7 Å². The molecule has 2 aromatic heterocycles. The highest BCUT2D eigenvalue weighted by atomic mass is 19.4. The van der Waals surface area contributed by atoms with Crippen molar-refractivity contribution in [2.24, 2.45) is 11.8 Å². The predicted octanol–water partition coefficient (Wildman–Crippen LogP) is 2.90. The molecule has 2 aromatic rings. The molecule has 3 fully saturated rings. The third kappa shape index (κ3) is 5.86. The van der Waals surface area contributed by atoms with Gasteiger partial charge >= 0.3 is 12.4 Å². The van der Waals surface area contributed by atoms with Crippen molar-refractivity contribution in [1.29, 1.82) is 0 Å². The van der Waals surface area contributed by atoms with E-state index in [0.717, 1.165) is 6.20 Å². The van der Waals surface area contributed by atoms with Gasteiger partial charge in [0.1, 0.15) is 11.3 Å². The first-order valence-corrected chi connectivity index (χ1v) is 13.2. The number of hydrogen-bond donors (Lipinski definition) is 1. The highest BCUT2D eigenvalue weighted by Gasteiger charge is 2.46. The molecule has 1 saturated carbocycles. The van der Waals surface area contributed by atoms with Crippen molar-refractivity contribution in [3.05, 3.63) is 40.1 Å². The lowest BCUT2D eigenvalue weighted by Crippen LogP contribution is -2.49. The van der Waals surface area contributed by atoms with Crippen LogP contribution in [0.15, 0.2) is 23.4 Å². The van der Waals surface area contributed by atoms with Gasteiger partial charge in [-0.15, -0.1) is 0 Å². The van der Waals surface area contributed by atoms with E-state index in [1.54, 1.807) is 9.80 Å². The molecule has 222 valence electrons. The van der Waals surface area contributed by atoms with E-state index in [0.29, 0.717) is 51.2 Å². The van der Waals surface area contributed by atoms with Gasteiger partial charge in [-0.2, -0.15) is 31.4 Å². The molecule has 4 heterocycles. The fourth-order valence-corrected chi connectivity index (χ4v) is 6.07. The number of carbonyl (C=O) groups excluding carboxylic acids is 2. The number of halogens is 6. The van der Waals surface area contributed by atoms with Gasteiger partial charge in [-0.1, -0.05) is 0 Å². The Morgan fingerprint density at radius 3 is 2.22 bits per heavy atom. The standard InChI is InChI=1S/C25H27F6N7O3/c26-24(27,28)15-11-32-23(33-12-15)37-8-6-36(7-9-37)19(39)10-14-3-4-16(21(14)40)17-2-1-5-38(17)18-13-34-35-22(41)20(18)25(29,30)31/h11-14,16-17H,1-10H2,(H,35,41)/t14-,16+,17-/m0/s1. The fourth-order valence-electron chi connectivity index (χ4n) is 6.07. The number of Topliss-reactive ketones (excluding diaryl/α,β-unsaturated/α-hetero) is 1. The van der Waals surface area contributed by atoms with Crippen molar-refractivity contribution in [3.63, 3.8) is 0 Å². The van der Waals surface area contributed by atoms with Gasteiger partial charge in [0, 0.05) is 69.4 Å². The van der Waals surface area contributed by atoms with Crippen LogP contribution in [-0.4, -0.2) is 75.5 Å². The van der Waals surface area contributed by atoms with Crippen molar-refractivity contribution >= 4 is 23.3 Å². The van der Waals surface area contributed by atoms with Crippen molar-refractivity contribution in [1.82, 2.24) is 25.1 Å². The van der Waals surface area contributed by atoms with Crippen LogP contribution in [0.25, 0.3) is 0 Å². The van der Waals surface area contributed by atoms with E-state index < -0.39 is 46.9 Å². The van der Waals surface area contributed by atoms with Gasteiger partial charge in [-0.25, -0.2) is 15.1 Å². The van der Waals surface area contributed by atoms with Gasteiger partial charge in [-0.3, -0.25) is 14.4 Å². The Bertz CT molecular complexity index is 1340. The molecule has 5 rings (SSSR count). The van der Waals surface area contributed by atoms with Crippen LogP contribution in [0.4, 0.5) is 38.0 Å². The van der Waals surface area contributed by atoms with Crippen LogP contribution in [-0.2, 0) is 21.9 Å². The molecule has 1 N–H and O–H groups in total. The minimum absolute atomic E-state index is 0.0286. The second-order valence-electron chi connectivity index (χ2n) is 10.5. The first-order chi connectivity index (χ1) is 19.3. The van der Waals surface area contributed by atoms with Crippen molar-refractivity contribution in [3.8, 4) is 0 Å². The van der Waals surface area contributed by atoms with E-state index in [1.807, 2.05) is 5.10 Å². The lowest BCUT2D eigenvalue weighted by Gasteiger charge is -2.35. The zero-order valence-corrected chi connectivity index (χ0v) is 21.7. The Labute approximate surface area is 229 Å². The molecule has 0 spiro atoms. The third-order valence-corrected chi connectivity index (χ3v) is 8.09. The summed E-state index contributed by atoms with van der Waals surface area (Å²) in [6.07, 6.45) is -5.18. The largest absolute Gasteiger partial charge is 0.423 e. The third-order valence-electron chi connectivity index (χ3n) is 8.09. The number of alkyl halides is 6. The van der Waals surface area contributed by atoms with Gasteiger partial charge in [0.25, 0.3) is 5.56 Å². The smallest absolute Gasteiger partial charge is 0.366 e. The first-order valence-electron chi connectivity index (χ1n) is 13.2. The number of H-pyrrole nitrogens is 1. The Morgan fingerprint density at radius 2 is 1.59 bits per heavy atom. The summed E-state index contributed by atoms with van der Waals surface area (Å²) < 4.78 is 79.3. The quantitative estimate of drug-likeness (QED) is 0.532. The van der Waals surface area contributed by atoms with Gasteiger partial charge < -0.3 is 14.7 Å². The Hall–Kier alpha value is -3.72. The molecule has 3 aliphatic rings. The molecule has 41 heavy (non-hydrogen) atoms. The summed E-state index contributed by atoms with van der Waals surface area (Å²) in [4.78, 5) is 50.7. The normalized spacial score (nSPS) is 23.9. The second kappa shape index (κ2) is 10.9. The maximum Gasteiger partial charge on any atom is 0.423 e. The molecule has 3 atom stereocenters. The highest BCUT2D eigenvalue weighted by molar-refractivity contribution is 5.91. The summed E-state index contributed by atoms with van der Waals surface area (Å²) in [6.45, 7) is 1.42. The Morgan fingerprint density at radius 1 is 0.902 bits per heavy atom. The lowest BCUT2D eigenvalue weighted by molar-refractivity contribution is -0.139. The molecule has 10 nitrogen and oxygen atoms in total. The summed E-state index contributed by atoms with van der Waals surface area (Å²) in [5.41, 5.74) is -3.97. The van der Waals surface area contributed by atoms with Gasteiger partial charge in [0.05, 0.1) is 17.4 Å². The number of aromatic nitrogens is 4. The van der Waals surface area contributed by atoms with Crippen molar-refractivity contribution in [2.45, 2.75) is 50.5 Å². The average molecular weight is 588 g/mol. The summed E-state index contributed by atoms with van der Waals surface area (Å²) in [7, 11) is 0.